The number of hydrogen-bond acceptors (Lipinski definition) is 7. The maximum Gasteiger partial charge on any atom is 0.300 e. The summed E-state index contributed by atoms with van der Waals surface area (Å²) in [6.07, 6.45) is 0.945. The van der Waals surface area contributed by atoms with Gasteiger partial charge >= 0.3 is 0 Å². The maximum absolute atomic E-state index is 11.8. The van der Waals surface area contributed by atoms with E-state index in [1.165, 1.54) is 13.1 Å². The summed E-state index contributed by atoms with van der Waals surface area (Å²) in [5.41, 5.74) is -0.694. The first kappa shape index (κ1) is 15.8. The molecule has 11 heteroatoms. The molecule has 0 aliphatic rings. The number of amides is 1. The fraction of sp³-hybridized carbons (Fsp3) is 0.333. The molecule has 10 nitrogen and oxygen atoms in total. The van der Waals surface area contributed by atoms with Crippen LogP contribution in [0.15, 0.2) is 12.3 Å². The third kappa shape index (κ3) is 4.44. The van der Waals surface area contributed by atoms with Crippen molar-refractivity contribution in [3.63, 3.8) is 0 Å². The minimum atomic E-state index is -3.71. The highest BCUT2D eigenvalue weighted by molar-refractivity contribution is 7.89. The van der Waals surface area contributed by atoms with Crippen molar-refractivity contribution in [2.24, 2.45) is 5.14 Å². The summed E-state index contributed by atoms with van der Waals surface area (Å²) in [4.78, 5) is 25.6. The fourth-order valence-corrected chi connectivity index (χ4v) is 1.70. The molecule has 0 saturated heterocycles. The Labute approximate surface area is 114 Å². The smallest absolute Gasteiger partial charge is 0.300 e. The molecule has 0 spiro atoms. The molecule has 0 atom stereocenters. The van der Waals surface area contributed by atoms with Gasteiger partial charge in [0, 0.05) is 19.7 Å². The molecule has 1 aromatic rings. The molecule has 0 aliphatic heterocycles. The zero-order valence-corrected chi connectivity index (χ0v) is 11.3. The molecule has 0 bridgehead atoms. The number of aromatic nitrogens is 1. The molecule has 1 heterocycles. The van der Waals surface area contributed by atoms with E-state index in [0.717, 1.165) is 6.20 Å². The Hall–Kier alpha value is -2.27. The van der Waals surface area contributed by atoms with Gasteiger partial charge in [0.25, 0.3) is 11.6 Å². The highest BCUT2D eigenvalue weighted by Gasteiger charge is 2.21. The monoisotopic (exact) mass is 303 g/mol. The van der Waals surface area contributed by atoms with Crippen molar-refractivity contribution in [2.75, 3.05) is 24.7 Å². The van der Waals surface area contributed by atoms with Crippen LogP contribution < -0.4 is 15.8 Å². The van der Waals surface area contributed by atoms with Crippen LogP contribution in [0.2, 0.25) is 0 Å². The summed E-state index contributed by atoms with van der Waals surface area (Å²) in [6.45, 7) is -0.244. The number of sulfonamides is 1. The van der Waals surface area contributed by atoms with Crippen molar-refractivity contribution in [3.05, 3.63) is 27.9 Å². The fourth-order valence-electron chi connectivity index (χ4n) is 1.31. The van der Waals surface area contributed by atoms with Crippen LogP contribution in [0.5, 0.6) is 0 Å². The van der Waals surface area contributed by atoms with E-state index < -0.39 is 32.3 Å². The zero-order valence-electron chi connectivity index (χ0n) is 10.5. The molecule has 4 N–H and O–H groups in total. The predicted molar refractivity (Wildman–Crippen MR) is 70.7 cm³/mol. The topological polar surface area (TPSA) is 157 Å². The van der Waals surface area contributed by atoms with Gasteiger partial charge in [-0.25, -0.2) is 18.5 Å². The second kappa shape index (κ2) is 6.25. The Bertz CT molecular complexity index is 630. The normalized spacial score (nSPS) is 10.9. The van der Waals surface area contributed by atoms with E-state index in [0.29, 0.717) is 0 Å². The van der Waals surface area contributed by atoms with Gasteiger partial charge in [-0.2, -0.15) is 0 Å². The second-order valence-corrected chi connectivity index (χ2v) is 5.45. The number of hydrogen-bond donors (Lipinski definition) is 3. The summed E-state index contributed by atoms with van der Waals surface area (Å²) < 4.78 is 21.4. The minimum Gasteiger partial charge on any atom is -0.373 e. The molecule has 0 saturated carbocycles. The van der Waals surface area contributed by atoms with E-state index in [9.17, 15) is 23.3 Å². The molecular formula is C9H13N5O5S. The molecule has 1 rings (SSSR count). The zero-order chi connectivity index (χ0) is 15.3. The molecule has 0 aromatic carbocycles. The van der Waals surface area contributed by atoms with Gasteiger partial charge in [0.15, 0.2) is 0 Å². The summed E-state index contributed by atoms with van der Waals surface area (Å²) in [5, 5.41) is 20.5. The summed E-state index contributed by atoms with van der Waals surface area (Å²) in [6, 6.07) is 1.20. The van der Waals surface area contributed by atoms with Crippen LogP contribution >= 0.6 is 0 Å². The number of carbonyl (C=O) groups is 1. The Morgan fingerprint density at radius 3 is 2.70 bits per heavy atom. The van der Waals surface area contributed by atoms with Gasteiger partial charge < -0.3 is 10.6 Å². The van der Waals surface area contributed by atoms with Crippen molar-refractivity contribution in [1.82, 2.24) is 10.3 Å². The molecule has 1 aromatic heterocycles. The maximum atomic E-state index is 11.8. The molecule has 0 aliphatic carbocycles. The number of nitro groups is 1. The lowest BCUT2D eigenvalue weighted by Gasteiger charge is -2.06. The predicted octanol–water partition coefficient (Wildman–Crippen LogP) is -0.950. The summed E-state index contributed by atoms with van der Waals surface area (Å²) in [5.74, 6) is -0.970. The lowest BCUT2D eigenvalue weighted by molar-refractivity contribution is -0.385. The van der Waals surface area contributed by atoms with Crippen LogP contribution in [0, 0.1) is 10.1 Å². The SMILES string of the molecule is CNc1cc(C(=O)NCCS(N)(=O)=O)c([N+](=O)[O-])cn1. The van der Waals surface area contributed by atoms with Crippen molar-refractivity contribution >= 4 is 27.4 Å². The Kier molecular flexibility index (Phi) is 4.94. The molecule has 0 radical (unpaired) electrons. The Balaban J connectivity index is 2.93. The second-order valence-electron chi connectivity index (χ2n) is 3.72. The van der Waals surface area contributed by atoms with E-state index in [-0.39, 0.29) is 17.9 Å². The van der Waals surface area contributed by atoms with Crippen molar-refractivity contribution in [1.29, 1.82) is 0 Å². The number of nitrogens with zero attached hydrogens (tertiary/aromatic N) is 2. The standard InChI is InChI=1S/C9H13N5O5S/c1-11-8-4-6(7(5-13-8)14(16)17)9(15)12-2-3-20(10,18)19/h4-5H,2-3H2,1H3,(H,11,13)(H,12,15)(H2,10,18,19). The molecule has 20 heavy (non-hydrogen) atoms. The van der Waals surface area contributed by atoms with E-state index in [1.807, 2.05) is 0 Å². The number of carbonyl (C=O) groups excluding carboxylic acids is 1. The first-order chi connectivity index (χ1) is 9.24. The van der Waals surface area contributed by atoms with E-state index in [2.05, 4.69) is 15.6 Å². The van der Waals surface area contributed by atoms with Gasteiger partial charge in [-0.1, -0.05) is 0 Å². The number of pyridine rings is 1. The molecule has 0 fully saturated rings. The first-order valence-corrected chi connectivity index (χ1v) is 7.07. The van der Waals surface area contributed by atoms with Crippen LogP contribution in [0.1, 0.15) is 10.4 Å². The summed E-state index contributed by atoms with van der Waals surface area (Å²) in [7, 11) is -2.18. The molecular weight excluding hydrogens is 290 g/mol. The average molecular weight is 303 g/mol. The quantitative estimate of drug-likeness (QED) is 0.451. The van der Waals surface area contributed by atoms with Gasteiger partial charge in [0.1, 0.15) is 17.6 Å². The van der Waals surface area contributed by atoms with Crippen molar-refractivity contribution in [2.45, 2.75) is 0 Å². The van der Waals surface area contributed by atoms with Crippen LogP contribution in [0.25, 0.3) is 0 Å². The number of rotatable bonds is 6. The molecule has 110 valence electrons. The summed E-state index contributed by atoms with van der Waals surface area (Å²) >= 11 is 0. The molecule has 1 amide bonds. The van der Waals surface area contributed by atoms with Crippen molar-refractivity contribution in [3.8, 4) is 0 Å². The van der Waals surface area contributed by atoms with Gasteiger partial charge in [-0.3, -0.25) is 14.9 Å². The Morgan fingerprint density at radius 2 is 2.20 bits per heavy atom. The average Bonchev–Trinajstić information content (AvgIpc) is 2.36. The van der Waals surface area contributed by atoms with E-state index in [1.54, 1.807) is 0 Å². The van der Waals surface area contributed by atoms with Crippen LogP contribution in [0.3, 0.4) is 0 Å². The molecule has 0 unspecified atom stereocenters. The lowest BCUT2D eigenvalue weighted by Crippen LogP contribution is -2.31. The van der Waals surface area contributed by atoms with Gasteiger partial charge in [0.2, 0.25) is 10.0 Å². The lowest BCUT2D eigenvalue weighted by atomic mass is 10.2. The number of primary sulfonamides is 1. The third-order valence-corrected chi connectivity index (χ3v) is 3.03. The van der Waals surface area contributed by atoms with E-state index >= 15 is 0 Å². The highest BCUT2D eigenvalue weighted by atomic mass is 32.2. The van der Waals surface area contributed by atoms with Gasteiger partial charge in [-0.15, -0.1) is 0 Å². The minimum absolute atomic E-state index is 0.219. The van der Waals surface area contributed by atoms with Crippen molar-refractivity contribution < 1.29 is 18.1 Å². The van der Waals surface area contributed by atoms with Crippen LogP contribution in [0.4, 0.5) is 11.5 Å². The van der Waals surface area contributed by atoms with Crippen LogP contribution in [-0.2, 0) is 10.0 Å². The van der Waals surface area contributed by atoms with Gasteiger partial charge in [0.05, 0.1) is 10.7 Å². The Morgan fingerprint density at radius 1 is 1.55 bits per heavy atom. The highest BCUT2D eigenvalue weighted by Crippen LogP contribution is 2.19. The van der Waals surface area contributed by atoms with E-state index in [4.69, 9.17) is 5.14 Å². The number of nitrogens with two attached hydrogens (primary N) is 1. The van der Waals surface area contributed by atoms with Gasteiger partial charge in [-0.05, 0) is 0 Å². The largest absolute Gasteiger partial charge is 0.373 e. The third-order valence-electron chi connectivity index (χ3n) is 2.25. The number of nitrogens with one attached hydrogen (secondary N) is 2. The first-order valence-electron chi connectivity index (χ1n) is 5.35. The number of anilines is 1. The van der Waals surface area contributed by atoms with Crippen LogP contribution in [-0.4, -0.2) is 43.6 Å².